The van der Waals surface area contributed by atoms with E-state index in [0.717, 1.165) is 5.56 Å². The van der Waals surface area contributed by atoms with Crippen LogP contribution in [0.15, 0.2) is 24.3 Å². The van der Waals surface area contributed by atoms with Crippen molar-refractivity contribution in [3.05, 3.63) is 35.4 Å². The van der Waals surface area contributed by atoms with Crippen LogP contribution in [0.4, 0.5) is 0 Å². The second kappa shape index (κ2) is 7.09. The molecule has 8 heteroatoms. The molecule has 0 atom stereocenters. The van der Waals surface area contributed by atoms with E-state index in [4.69, 9.17) is 11.7 Å². The van der Waals surface area contributed by atoms with Crippen LogP contribution in [0.5, 0.6) is 0 Å². The van der Waals surface area contributed by atoms with Crippen LogP contribution in [0, 0.1) is 0 Å². The molecule has 0 aliphatic rings. The molecule has 0 saturated carbocycles. The minimum atomic E-state index is -0.563. The maximum absolute atomic E-state index is 11.3. The first kappa shape index (κ1) is 14.6. The number of hydrogen-bond donors (Lipinski definition) is 5. The van der Waals surface area contributed by atoms with Crippen molar-refractivity contribution in [2.24, 2.45) is 11.7 Å². The molecule has 0 unspecified atom stereocenters. The summed E-state index contributed by atoms with van der Waals surface area (Å²) in [7, 11) is 0. The van der Waals surface area contributed by atoms with E-state index < -0.39 is 17.7 Å². The summed E-state index contributed by atoms with van der Waals surface area (Å²) in [6.07, 6.45) is -0.329. The number of hydrazine groups is 2. The van der Waals surface area contributed by atoms with E-state index in [2.05, 4.69) is 5.32 Å². The van der Waals surface area contributed by atoms with Crippen molar-refractivity contribution < 1.29 is 14.4 Å². The third kappa shape index (κ3) is 4.74. The summed E-state index contributed by atoms with van der Waals surface area (Å²) in [4.78, 5) is 33.3. The lowest BCUT2D eigenvalue weighted by molar-refractivity contribution is -0.129. The third-order valence-electron chi connectivity index (χ3n) is 2.32. The highest BCUT2D eigenvalue weighted by Crippen LogP contribution is 2.04. The first-order valence-electron chi connectivity index (χ1n) is 5.43. The Hall–Kier alpha value is -2.45. The fourth-order valence-electron chi connectivity index (χ4n) is 1.32. The Bertz CT molecular complexity index is 472. The van der Waals surface area contributed by atoms with Gasteiger partial charge in [-0.1, -0.05) is 12.1 Å². The number of hydrogen-bond acceptors (Lipinski definition) is 5. The summed E-state index contributed by atoms with van der Waals surface area (Å²) >= 11 is 0. The Morgan fingerprint density at radius 3 is 2.11 bits per heavy atom. The molecule has 1 rings (SSSR count). The third-order valence-corrected chi connectivity index (χ3v) is 2.32. The van der Waals surface area contributed by atoms with Crippen molar-refractivity contribution in [1.82, 2.24) is 16.2 Å². The van der Waals surface area contributed by atoms with Gasteiger partial charge in [-0.25, -0.2) is 11.7 Å². The molecular weight excluding hydrogens is 250 g/mol. The van der Waals surface area contributed by atoms with Gasteiger partial charge in [0.15, 0.2) is 0 Å². The predicted octanol–water partition coefficient (Wildman–Crippen LogP) is -1.71. The molecule has 1 aromatic rings. The average molecular weight is 265 g/mol. The van der Waals surface area contributed by atoms with Crippen LogP contribution in [0.1, 0.15) is 22.3 Å². The standard InChI is InChI=1S/C11H15N5O3/c12-15-10(18)5-9(17)14-6-7-1-3-8(4-2-7)11(19)16-13/h1-4H,5-6,12-13H2,(H,14,17)(H,15,18)(H,16,19). The maximum Gasteiger partial charge on any atom is 0.265 e. The van der Waals surface area contributed by atoms with Crippen molar-refractivity contribution >= 4 is 17.7 Å². The van der Waals surface area contributed by atoms with E-state index in [-0.39, 0.29) is 13.0 Å². The lowest BCUT2D eigenvalue weighted by Crippen LogP contribution is -2.35. The summed E-state index contributed by atoms with van der Waals surface area (Å²) in [6.45, 7) is 0.251. The van der Waals surface area contributed by atoms with E-state index >= 15 is 0 Å². The molecule has 0 aliphatic heterocycles. The Kier molecular flexibility index (Phi) is 5.45. The summed E-state index contributed by atoms with van der Waals surface area (Å²) in [5.74, 6) is 8.46. The second-order valence-electron chi connectivity index (χ2n) is 3.69. The quantitative estimate of drug-likeness (QED) is 0.187. The van der Waals surface area contributed by atoms with Gasteiger partial charge in [-0.15, -0.1) is 0 Å². The van der Waals surface area contributed by atoms with E-state index in [1.54, 1.807) is 24.3 Å². The van der Waals surface area contributed by atoms with Gasteiger partial charge in [0, 0.05) is 12.1 Å². The molecule has 1 aromatic carbocycles. The minimum absolute atomic E-state index is 0.251. The van der Waals surface area contributed by atoms with Gasteiger partial charge in [-0.05, 0) is 17.7 Å². The Morgan fingerprint density at radius 2 is 1.58 bits per heavy atom. The highest BCUT2D eigenvalue weighted by Gasteiger charge is 2.07. The van der Waals surface area contributed by atoms with Crippen LogP contribution >= 0.6 is 0 Å². The van der Waals surface area contributed by atoms with Crippen LogP contribution in [0.2, 0.25) is 0 Å². The van der Waals surface area contributed by atoms with Crippen molar-refractivity contribution in [3.8, 4) is 0 Å². The number of nitrogen functional groups attached to an aromatic ring is 1. The van der Waals surface area contributed by atoms with E-state index in [9.17, 15) is 14.4 Å². The monoisotopic (exact) mass is 265 g/mol. The molecule has 102 valence electrons. The number of amides is 3. The van der Waals surface area contributed by atoms with Gasteiger partial charge in [0.1, 0.15) is 6.42 Å². The minimum Gasteiger partial charge on any atom is -0.352 e. The molecular formula is C11H15N5O3. The van der Waals surface area contributed by atoms with Gasteiger partial charge in [-0.2, -0.15) is 0 Å². The first-order valence-corrected chi connectivity index (χ1v) is 5.43. The highest BCUT2D eigenvalue weighted by atomic mass is 16.2. The van der Waals surface area contributed by atoms with Gasteiger partial charge in [0.25, 0.3) is 5.91 Å². The van der Waals surface area contributed by atoms with Gasteiger partial charge in [-0.3, -0.25) is 25.2 Å². The van der Waals surface area contributed by atoms with Gasteiger partial charge in [0.2, 0.25) is 11.8 Å². The zero-order valence-electron chi connectivity index (χ0n) is 10.1. The van der Waals surface area contributed by atoms with Crippen LogP contribution in [0.25, 0.3) is 0 Å². The van der Waals surface area contributed by atoms with E-state index in [0.29, 0.717) is 5.56 Å². The first-order chi connectivity index (χ1) is 9.06. The molecule has 0 saturated heterocycles. The Labute approximate surface area is 109 Å². The summed E-state index contributed by atoms with van der Waals surface area (Å²) in [5.41, 5.74) is 5.08. The predicted molar refractivity (Wildman–Crippen MR) is 66.9 cm³/mol. The lowest BCUT2D eigenvalue weighted by atomic mass is 10.1. The molecule has 3 amide bonds. The fourth-order valence-corrected chi connectivity index (χ4v) is 1.32. The number of carbonyl (C=O) groups is 3. The Morgan fingerprint density at radius 1 is 0.947 bits per heavy atom. The number of carbonyl (C=O) groups excluding carboxylic acids is 3. The number of rotatable bonds is 5. The largest absolute Gasteiger partial charge is 0.352 e. The van der Waals surface area contributed by atoms with Crippen molar-refractivity contribution in [1.29, 1.82) is 0 Å². The van der Waals surface area contributed by atoms with Crippen LogP contribution in [-0.4, -0.2) is 17.7 Å². The van der Waals surface area contributed by atoms with E-state index in [1.807, 2.05) is 10.9 Å². The molecule has 0 fully saturated rings. The number of nitrogens with one attached hydrogen (secondary N) is 3. The number of nitrogens with two attached hydrogens (primary N) is 2. The normalized spacial score (nSPS) is 9.58. The molecule has 0 aromatic heterocycles. The molecule has 0 bridgehead atoms. The van der Waals surface area contributed by atoms with Gasteiger partial charge >= 0.3 is 0 Å². The zero-order chi connectivity index (χ0) is 14.3. The molecule has 0 spiro atoms. The smallest absolute Gasteiger partial charge is 0.265 e. The SMILES string of the molecule is NNC(=O)CC(=O)NCc1ccc(C(=O)NN)cc1. The molecule has 7 N–H and O–H groups in total. The van der Waals surface area contributed by atoms with Crippen LogP contribution in [0.3, 0.4) is 0 Å². The fraction of sp³-hybridized carbons (Fsp3) is 0.182. The van der Waals surface area contributed by atoms with Crippen LogP contribution in [-0.2, 0) is 16.1 Å². The van der Waals surface area contributed by atoms with Gasteiger partial charge < -0.3 is 5.32 Å². The molecule has 0 heterocycles. The highest BCUT2D eigenvalue weighted by molar-refractivity contribution is 5.96. The van der Waals surface area contributed by atoms with Gasteiger partial charge in [0.05, 0.1) is 0 Å². The zero-order valence-corrected chi connectivity index (χ0v) is 10.1. The van der Waals surface area contributed by atoms with Crippen molar-refractivity contribution in [2.75, 3.05) is 0 Å². The molecule has 19 heavy (non-hydrogen) atoms. The molecule has 8 nitrogen and oxygen atoms in total. The van der Waals surface area contributed by atoms with Crippen molar-refractivity contribution in [2.45, 2.75) is 13.0 Å². The maximum atomic E-state index is 11.3. The topological polar surface area (TPSA) is 139 Å². The average Bonchev–Trinajstić information content (AvgIpc) is 2.44. The molecule has 0 radical (unpaired) electrons. The molecule has 0 aliphatic carbocycles. The van der Waals surface area contributed by atoms with Crippen LogP contribution < -0.4 is 27.9 Å². The Balaban J connectivity index is 2.48. The summed E-state index contributed by atoms with van der Waals surface area (Å²) in [6, 6.07) is 6.51. The second-order valence-corrected chi connectivity index (χ2v) is 3.69. The van der Waals surface area contributed by atoms with E-state index in [1.165, 1.54) is 0 Å². The number of benzene rings is 1. The van der Waals surface area contributed by atoms with Crippen molar-refractivity contribution in [3.63, 3.8) is 0 Å². The lowest BCUT2D eigenvalue weighted by Gasteiger charge is -2.06. The summed E-state index contributed by atoms with van der Waals surface area (Å²) < 4.78 is 0. The summed E-state index contributed by atoms with van der Waals surface area (Å²) in [5, 5.41) is 2.55.